The van der Waals surface area contributed by atoms with E-state index in [0.717, 1.165) is 18.7 Å². The van der Waals surface area contributed by atoms with Crippen molar-refractivity contribution >= 4 is 12.1 Å². The highest BCUT2D eigenvalue weighted by Crippen LogP contribution is 2.21. The topological polar surface area (TPSA) is 105 Å². The van der Waals surface area contributed by atoms with Crippen LogP contribution in [0.25, 0.3) is 0 Å². The molecule has 0 aliphatic rings. The predicted octanol–water partition coefficient (Wildman–Crippen LogP) is 2.32. The number of nitrogens with one attached hydrogen (secondary N) is 1. The Labute approximate surface area is 161 Å². The van der Waals surface area contributed by atoms with Gasteiger partial charge in [0.25, 0.3) is 0 Å². The van der Waals surface area contributed by atoms with Gasteiger partial charge in [-0.15, -0.1) is 0 Å². The molecule has 2 aromatic rings. The van der Waals surface area contributed by atoms with Crippen molar-refractivity contribution in [2.45, 2.75) is 25.2 Å². The number of esters is 1. The van der Waals surface area contributed by atoms with Crippen LogP contribution in [0.5, 0.6) is 0 Å². The SMILES string of the molecule is COC(=O)c1ccc(C(O)C(O)CCNC(=O)OCc2ccccc2)cc1F. The highest BCUT2D eigenvalue weighted by molar-refractivity contribution is 5.89. The highest BCUT2D eigenvalue weighted by atomic mass is 19.1. The molecule has 0 radical (unpaired) electrons. The second-order valence-corrected chi connectivity index (χ2v) is 6.02. The summed E-state index contributed by atoms with van der Waals surface area (Å²) in [6.45, 7) is 0.165. The van der Waals surface area contributed by atoms with Crippen LogP contribution in [-0.2, 0) is 16.1 Å². The Morgan fingerprint density at radius 1 is 1.14 bits per heavy atom. The van der Waals surface area contributed by atoms with Crippen molar-refractivity contribution in [3.8, 4) is 0 Å². The zero-order valence-corrected chi connectivity index (χ0v) is 15.3. The Morgan fingerprint density at radius 3 is 2.50 bits per heavy atom. The van der Waals surface area contributed by atoms with Gasteiger partial charge in [0.05, 0.1) is 18.8 Å². The van der Waals surface area contributed by atoms with Crippen LogP contribution in [0.3, 0.4) is 0 Å². The van der Waals surface area contributed by atoms with Crippen LogP contribution in [0.15, 0.2) is 48.5 Å². The van der Waals surface area contributed by atoms with Crippen molar-refractivity contribution in [3.63, 3.8) is 0 Å². The smallest absolute Gasteiger partial charge is 0.407 e. The number of benzene rings is 2. The number of methoxy groups -OCH3 is 1. The van der Waals surface area contributed by atoms with E-state index in [1.54, 1.807) is 0 Å². The fraction of sp³-hybridized carbons (Fsp3) is 0.300. The van der Waals surface area contributed by atoms with Crippen LogP contribution >= 0.6 is 0 Å². The number of amides is 1. The first kappa shape index (κ1) is 21.3. The molecule has 2 rings (SSSR count). The maximum Gasteiger partial charge on any atom is 0.407 e. The Bertz CT molecular complexity index is 799. The molecule has 7 nitrogen and oxygen atoms in total. The quantitative estimate of drug-likeness (QED) is 0.597. The molecule has 0 bridgehead atoms. The number of aliphatic hydroxyl groups excluding tert-OH is 2. The molecule has 8 heteroatoms. The van der Waals surface area contributed by atoms with Gasteiger partial charge in [0.15, 0.2) is 0 Å². The Balaban J connectivity index is 1.79. The first-order chi connectivity index (χ1) is 13.4. The van der Waals surface area contributed by atoms with Crippen molar-refractivity contribution in [1.82, 2.24) is 5.32 Å². The minimum atomic E-state index is -1.39. The molecule has 0 spiro atoms. The summed E-state index contributed by atoms with van der Waals surface area (Å²) in [6.07, 6.45) is -3.28. The van der Waals surface area contributed by atoms with Crippen molar-refractivity contribution in [2.75, 3.05) is 13.7 Å². The first-order valence-electron chi connectivity index (χ1n) is 8.60. The second kappa shape index (κ2) is 10.4. The van der Waals surface area contributed by atoms with Crippen molar-refractivity contribution < 1.29 is 33.7 Å². The van der Waals surface area contributed by atoms with E-state index in [0.29, 0.717) is 0 Å². The average Bonchev–Trinajstić information content (AvgIpc) is 2.71. The highest BCUT2D eigenvalue weighted by Gasteiger charge is 2.21. The van der Waals surface area contributed by atoms with Gasteiger partial charge >= 0.3 is 12.1 Å². The summed E-state index contributed by atoms with van der Waals surface area (Å²) in [7, 11) is 1.13. The number of halogens is 1. The molecule has 0 aromatic heterocycles. The Morgan fingerprint density at radius 2 is 1.86 bits per heavy atom. The third-order valence-electron chi connectivity index (χ3n) is 4.03. The lowest BCUT2D eigenvalue weighted by Gasteiger charge is -2.19. The number of hydrogen-bond donors (Lipinski definition) is 3. The fourth-order valence-corrected chi connectivity index (χ4v) is 2.47. The number of carbonyl (C=O) groups is 2. The van der Waals surface area contributed by atoms with Crippen LogP contribution in [0.1, 0.15) is 34.0 Å². The summed E-state index contributed by atoms with van der Waals surface area (Å²) in [6, 6.07) is 12.6. The summed E-state index contributed by atoms with van der Waals surface area (Å²) >= 11 is 0. The van der Waals surface area contributed by atoms with Gasteiger partial charge < -0.3 is 25.0 Å². The molecule has 0 aliphatic carbocycles. The minimum absolute atomic E-state index is 0.0158. The molecule has 2 unspecified atom stereocenters. The Hall–Kier alpha value is -2.97. The maximum absolute atomic E-state index is 13.9. The molecule has 0 saturated carbocycles. The van der Waals surface area contributed by atoms with Crippen LogP contribution in [0.4, 0.5) is 9.18 Å². The third kappa shape index (κ3) is 6.04. The molecule has 3 N–H and O–H groups in total. The standard InChI is InChI=1S/C20H22FNO6/c1-27-19(25)15-8-7-14(11-16(15)21)18(24)17(23)9-10-22-20(26)28-12-13-5-3-2-4-6-13/h2-8,11,17-18,23-24H,9-10,12H2,1H3,(H,22,26). The van der Waals surface area contributed by atoms with Gasteiger partial charge in [0, 0.05) is 6.54 Å². The second-order valence-electron chi connectivity index (χ2n) is 6.02. The molecule has 2 atom stereocenters. The van der Waals surface area contributed by atoms with Gasteiger partial charge in [-0.1, -0.05) is 36.4 Å². The number of hydrogen-bond acceptors (Lipinski definition) is 6. The molecule has 2 aromatic carbocycles. The van der Waals surface area contributed by atoms with E-state index < -0.39 is 30.1 Å². The van der Waals surface area contributed by atoms with E-state index in [9.17, 15) is 24.2 Å². The normalized spacial score (nSPS) is 12.7. The molecule has 0 saturated heterocycles. The minimum Gasteiger partial charge on any atom is -0.465 e. The zero-order chi connectivity index (χ0) is 20.5. The molecular weight excluding hydrogens is 369 g/mol. The van der Waals surface area contributed by atoms with Crippen LogP contribution in [0.2, 0.25) is 0 Å². The summed E-state index contributed by atoms with van der Waals surface area (Å²) in [4.78, 5) is 23.0. The molecule has 150 valence electrons. The van der Waals surface area contributed by atoms with Crippen molar-refractivity contribution in [2.24, 2.45) is 0 Å². The van der Waals surface area contributed by atoms with Crippen LogP contribution in [-0.4, -0.2) is 42.0 Å². The van der Waals surface area contributed by atoms with Gasteiger partial charge in [-0.25, -0.2) is 14.0 Å². The lowest BCUT2D eigenvalue weighted by Crippen LogP contribution is -2.29. The van der Waals surface area contributed by atoms with E-state index in [-0.39, 0.29) is 30.7 Å². The monoisotopic (exact) mass is 391 g/mol. The van der Waals surface area contributed by atoms with Crippen LogP contribution < -0.4 is 5.32 Å². The third-order valence-corrected chi connectivity index (χ3v) is 4.03. The summed E-state index contributed by atoms with van der Waals surface area (Å²) in [5, 5.41) is 22.7. The number of alkyl carbamates (subject to hydrolysis) is 1. The first-order valence-corrected chi connectivity index (χ1v) is 8.60. The molecule has 0 heterocycles. The number of aliphatic hydroxyl groups is 2. The summed E-state index contributed by atoms with van der Waals surface area (Å²) in [5.41, 5.74) is 0.672. The largest absolute Gasteiger partial charge is 0.465 e. The molecule has 28 heavy (non-hydrogen) atoms. The molecular formula is C20H22FNO6. The van der Waals surface area contributed by atoms with Gasteiger partial charge in [-0.2, -0.15) is 0 Å². The predicted molar refractivity (Wildman–Crippen MR) is 98.0 cm³/mol. The van der Waals surface area contributed by atoms with E-state index in [4.69, 9.17) is 4.74 Å². The van der Waals surface area contributed by atoms with Gasteiger partial charge in [-0.05, 0) is 29.7 Å². The van der Waals surface area contributed by atoms with Gasteiger partial charge in [0.1, 0.15) is 18.5 Å². The van der Waals surface area contributed by atoms with Gasteiger partial charge in [0.2, 0.25) is 0 Å². The van der Waals surface area contributed by atoms with Crippen molar-refractivity contribution in [1.29, 1.82) is 0 Å². The van der Waals surface area contributed by atoms with E-state index in [1.807, 2.05) is 30.3 Å². The van der Waals surface area contributed by atoms with Gasteiger partial charge in [-0.3, -0.25) is 0 Å². The lowest BCUT2D eigenvalue weighted by molar-refractivity contribution is 0.0134. The van der Waals surface area contributed by atoms with E-state index >= 15 is 0 Å². The molecule has 0 fully saturated rings. The average molecular weight is 391 g/mol. The maximum atomic E-state index is 13.9. The number of carbonyl (C=O) groups excluding carboxylic acids is 2. The van der Waals surface area contributed by atoms with E-state index in [2.05, 4.69) is 10.1 Å². The lowest BCUT2D eigenvalue weighted by atomic mass is 10.0. The molecule has 0 aliphatic heterocycles. The number of ether oxygens (including phenoxy) is 2. The van der Waals surface area contributed by atoms with Crippen molar-refractivity contribution in [3.05, 3.63) is 71.0 Å². The molecule has 1 amide bonds. The Kier molecular flexibility index (Phi) is 7.91. The van der Waals surface area contributed by atoms with E-state index in [1.165, 1.54) is 12.1 Å². The fourth-order valence-electron chi connectivity index (χ4n) is 2.47. The zero-order valence-electron chi connectivity index (χ0n) is 15.3. The van der Waals surface area contributed by atoms with Crippen LogP contribution in [0, 0.1) is 5.82 Å². The number of rotatable bonds is 8. The summed E-state index contributed by atoms with van der Waals surface area (Å²) < 4.78 is 23.4. The summed E-state index contributed by atoms with van der Waals surface area (Å²) in [5.74, 6) is -1.70.